The van der Waals surface area contributed by atoms with Gasteiger partial charge in [0.25, 0.3) is 0 Å². The van der Waals surface area contributed by atoms with Crippen molar-refractivity contribution in [1.29, 1.82) is 0 Å². The van der Waals surface area contributed by atoms with Gasteiger partial charge in [-0.3, -0.25) is 9.36 Å². The first-order chi connectivity index (χ1) is 9.34. The molecule has 0 amide bonds. The average Bonchev–Trinajstić information content (AvgIpc) is 2.38. The van der Waals surface area contributed by atoms with Gasteiger partial charge in [0.05, 0.1) is 12.3 Å². The summed E-state index contributed by atoms with van der Waals surface area (Å²) < 4.78 is 16.3. The molecular weight excluding hydrogens is 281 g/mol. The van der Waals surface area contributed by atoms with Gasteiger partial charge in [0.1, 0.15) is 6.04 Å². The van der Waals surface area contributed by atoms with Crippen LogP contribution < -0.4 is 5.73 Å². The predicted molar refractivity (Wildman–Crippen MR) is 75.2 cm³/mol. The number of hydrogen-bond acceptors (Lipinski definition) is 4. The number of carbonyl (C=O) groups is 1. The summed E-state index contributed by atoms with van der Waals surface area (Å²) in [5, 5.41) is 0. The smallest absolute Gasteiger partial charge is 0.329 e. The maximum atomic E-state index is 11.5. The van der Waals surface area contributed by atoms with E-state index in [9.17, 15) is 19.1 Å². The predicted octanol–water partition coefficient (Wildman–Crippen LogP) is 1.06. The first-order valence-corrected chi connectivity index (χ1v) is 8.04. The molecule has 1 rings (SSSR count). The Morgan fingerprint density at radius 3 is 2.45 bits per heavy atom. The third kappa shape index (κ3) is 5.43. The molecule has 0 fully saturated rings. The van der Waals surface area contributed by atoms with Crippen molar-refractivity contribution in [2.45, 2.75) is 31.5 Å². The summed E-state index contributed by atoms with van der Waals surface area (Å²) in [7, 11) is -4.34. The highest BCUT2D eigenvalue weighted by Gasteiger charge is 2.32. The summed E-state index contributed by atoms with van der Waals surface area (Å²) in [6.45, 7) is 1.83. The molecule has 0 heterocycles. The molecule has 0 saturated heterocycles. The Morgan fingerprint density at radius 2 is 1.95 bits per heavy atom. The van der Waals surface area contributed by atoms with Crippen LogP contribution in [0.4, 0.5) is 0 Å². The maximum Gasteiger partial charge on any atom is 0.329 e. The van der Waals surface area contributed by atoms with Gasteiger partial charge >= 0.3 is 13.6 Å². The van der Waals surface area contributed by atoms with Crippen molar-refractivity contribution in [1.82, 2.24) is 0 Å². The van der Waals surface area contributed by atoms with Gasteiger partial charge in [0.15, 0.2) is 0 Å². The fraction of sp³-hybridized carbons (Fsp3) is 0.462. The first kappa shape index (κ1) is 16.9. The number of rotatable bonds is 7. The summed E-state index contributed by atoms with van der Waals surface area (Å²) >= 11 is 0. The molecule has 0 radical (unpaired) electrons. The van der Waals surface area contributed by atoms with E-state index in [-0.39, 0.29) is 19.4 Å². The second kappa shape index (κ2) is 7.55. The van der Waals surface area contributed by atoms with E-state index in [0.29, 0.717) is 0 Å². The van der Waals surface area contributed by atoms with E-state index in [1.165, 1.54) is 0 Å². The lowest BCUT2D eigenvalue weighted by Crippen LogP contribution is -2.36. The third-order valence-electron chi connectivity index (χ3n) is 2.91. The Bertz CT molecular complexity index is 473. The minimum Gasteiger partial charge on any atom is -0.465 e. The quantitative estimate of drug-likeness (QED) is 0.513. The standard InChI is InChI=1S/C13H20NO5P/c1-2-19-13(15)12(14)9-11(20(16,17)18)8-10-6-4-3-5-7-10/h3-7,11-12H,2,8-9,14H2,1H3,(H2,16,17,18)/t11-,12-/m0/s1. The highest BCUT2D eigenvalue weighted by atomic mass is 31.2. The van der Waals surface area contributed by atoms with Crippen LogP contribution in [-0.2, 0) is 20.5 Å². The van der Waals surface area contributed by atoms with Crippen LogP contribution >= 0.6 is 7.60 Å². The molecule has 0 unspecified atom stereocenters. The Balaban J connectivity index is 2.76. The van der Waals surface area contributed by atoms with Crippen LogP contribution in [0.5, 0.6) is 0 Å². The van der Waals surface area contributed by atoms with Gasteiger partial charge < -0.3 is 20.3 Å². The van der Waals surface area contributed by atoms with Crippen molar-refractivity contribution in [3.05, 3.63) is 35.9 Å². The summed E-state index contributed by atoms with van der Waals surface area (Å²) in [5.74, 6) is -0.640. The molecule has 2 atom stereocenters. The Hall–Kier alpha value is -1.20. The molecule has 4 N–H and O–H groups in total. The van der Waals surface area contributed by atoms with Crippen molar-refractivity contribution >= 4 is 13.6 Å². The summed E-state index contributed by atoms with van der Waals surface area (Å²) in [6.07, 6.45) is 0.0518. The number of benzene rings is 1. The van der Waals surface area contributed by atoms with E-state index in [0.717, 1.165) is 5.56 Å². The van der Waals surface area contributed by atoms with Crippen molar-refractivity contribution in [3.8, 4) is 0 Å². The van der Waals surface area contributed by atoms with E-state index in [2.05, 4.69) is 0 Å². The largest absolute Gasteiger partial charge is 0.465 e. The Morgan fingerprint density at radius 1 is 1.35 bits per heavy atom. The zero-order valence-electron chi connectivity index (χ0n) is 11.3. The van der Waals surface area contributed by atoms with Crippen molar-refractivity contribution < 1.29 is 23.9 Å². The van der Waals surface area contributed by atoms with Crippen LogP contribution in [0.1, 0.15) is 18.9 Å². The average molecular weight is 301 g/mol. The van der Waals surface area contributed by atoms with Crippen molar-refractivity contribution in [2.24, 2.45) is 5.73 Å². The molecule has 0 bridgehead atoms. The van der Waals surface area contributed by atoms with Crippen LogP contribution in [0, 0.1) is 0 Å². The zero-order valence-corrected chi connectivity index (χ0v) is 12.2. The second-order valence-corrected chi connectivity index (χ2v) is 6.44. The second-order valence-electron chi connectivity index (χ2n) is 4.53. The summed E-state index contributed by atoms with van der Waals surface area (Å²) in [6, 6.07) is 7.92. The van der Waals surface area contributed by atoms with Gasteiger partial charge in [-0.2, -0.15) is 0 Å². The van der Waals surface area contributed by atoms with Gasteiger partial charge in [0, 0.05) is 0 Å². The topological polar surface area (TPSA) is 110 Å². The third-order valence-corrected chi connectivity index (χ3v) is 4.25. The molecule has 0 spiro atoms. The van der Waals surface area contributed by atoms with E-state index < -0.39 is 25.3 Å². The molecule has 1 aromatic carbocycles. The van der Waals surface area contributed by atoms with Crippen LogP contribution in [0.3, 0.4) is 0 Å². The fourth-order valence-electron chi connectivity index (χ4n) is 1.86. The summed E-state index contributed by atoms with van der Waals surface area (Å²) in [4.78, 5) is 30.3. The van der Waals surface area contributed by atoms with Crippen LogP contribution in [0.2, 0.25) is 0 Å². The lowest BCUT2D eigenvalue weighted by atomic mass is 10.0. The molecule has 1 aromatic rings. The van der Waals surface area contributed by atoms with Gasteiger partial charge in [-0.15, -0.1) is 0 Å². The molecule has 20 heavy (non-hydrogen) atoms. The maximum absolute atomic E-state index is 11.5. The number of esters is 1. The van der Waals surface area contributed by atoms with E-state index >= 15 is 0 Å². The number of nitrogens with two attached hydrogens (primary N) is 1. The van der Waals surface area contributed by atoms with Gasteiger partial charge in [-0.05, 0) is 25.3 Å². The SMILES string of the molecule is CCOC(=O)[C@@H](N)C[C@H](Cc1ccccc1)P(=O)(O)O. The van der Waals surface area contributed by atoms with Crippen LogP contribution in [0.25, 0.3) is 0 Å². The highest BCUT2D eigenvalue weighted by Crippen LogP contribution is 2.45. The zero-order chi connectivity index (χ0) is 15.2. The molecule has 0 aromatic heterocycles. The fourth-order valence-corrected chi connectivity index (χ4v) is 2.81. The molecule has 0 aliphatic rings. The number of ether oxygens (including phenoxy) is 1. The molecular formula is C13H20NO5P. The van der Waals surface area contributed by atoms with Crippen LogP contribution in [-0.4, -0.2) is 34.1 Å². The molecule has 6 nitrogen and oxygen atoms in total. The molecule has 7 heteroatoms. The molecule has 0 aliphatic carbocycles. The molecule has 0 aliphatic heterocycles. The van der Waals surface area contributed by atoms with E-state index in [4.69, 9.17) is 10.5 Å². The van der Waals surface area contributed by atoms with Crippen molar-refractivity contribution in [2.75, 3.05) is 6.61 Å². The lowest BCUT2D eigenvalue weighted by Gasteiger charge is -2.21. The van der Waals surface area contributed by atoms with Gasteiger partial charge in [-0.25, -0.2) is 0 Å². The van der Waals surface area contributed by atoms with Crippen molar-refractivity contribution in [3.63, 3.8) is 0 Å². The van der Waals surface area contributed by atoms with E-state index in [1.54, 1.807) is 31.2 Å². The summed E-state index contributed by atoms with van der Waals surface area (Å²) in [5.41, 5.74) is 5.43. The first-order valence-electron chi connectivity index (χ1n) is 6.36. The molecule has 0 saturated carbocycles. The Labute approximate surface area is 118 Å². The van der Waals surface area contributed by atoms with E-state index in [1.807, 2.05) is 6.07 Å². The van der Waals surface area contributed by atoms with Gasteiger partial charge in [0.2, 0.25) is 0 Å². The normalized spacial score (nSPS) is 14.6. The molecule has 112 valence electrons. The Kier molecular flexibility index (Phi) is 6.36. The van der Waals surface area contributed by atoms with Gasteiger partial charge in [-0.1, -0.05) is 30.3 Å². The lowest BCUT2D eigenvalue weighted by molar-refractivity contribution is -0.144. The number of hydrogen-bond donors (Lipinski definition) is 3. The number of carbonyl (C=O) groups excluding carboxylic acids is 1. The highest BCUT2D eigenvalue weighted by molar-refractivity contribution is 7.52. The van der Waals surface area contributed by atoms with Crippen LogP contribution in [0.15, 0.2) is 30.3 Å². The minimum absolute atomic E-state index is 0.113. The minimum atomic E-state index is -4.34. The monoisotopic (exact) mass is 301 g/mol.